The monoisotopic (exact) mass is 345 g/mol. The minimum atomic E-state index is 0.0788. The number of phenolic OH excluding ortho intramolecular Hbond substituents is 1. The van der Waals surface area contributed by atoms with E-state index in [1.165, 1.54) is 12.3 Å². The number of rotatable bonds is 6. The highest BCUT2D eigenvalue weighted by atomic mass is 32.1. The van der Waals surface area contributed by atoms with Crippen LogP contribution in [0.25, 0.3) is 0 Å². The van der Waals surface area contributed by atoms with Gasteiger partial charge < -0.3 is 19.9 Å². The molecule has 0 amide bonds. The second kappa shape index (κ2) is 8.73. The summed E-state index contributed by atoms with van der Waals surface area (Å²) in [5, 5.41) is 17.2. The molecule has 24 heavy (non-hydrogen) atoms. The van der Waals surface area contributed by atoms with Crippen LogP contribution in [0.4, 0.5) is 5.69 Å². The third-order valence-electron chi connectivity index (χ3n) is 3.04. The Balaban J connectivity index is 1.95. The lowest BCUT2D eigenvalue weighted by Crippen LogP contribution is -2.24. The maximum atomic E-state index is 9.92. The molecular formula is C17H19N3O3S. The number of para-hydroxylation sites is 2. The van der Waals surface area contributed by atoms with Crippen molar-refractivity contribution >= 4 is 29.2 Å². The number of nitrogens with one attached hydrogen (secondary N) is 2. The van der Waals surface area contributed by atoms with Crippen LogP contribution in [-0.2, 0) is 0 Å². The minimum absolute atomic E-state index is 0.0788. The average molecular weight is 345 g/mol. The molecule has 0 bridgehead atoms. The average Bonchev–Trinajstić information content (AvgIpc) is 2.57. The van der Waals surface area contributed by atoms with Crippen LogP contribution in [0.2, 0.25) is 0 Å². The maximum Gasteiger partial charge on any atom is 0.191 e. The van der Waals surface area contributed by atoms with Gasteiger partial charge in [-0.2, -0.15) is 5.10 Å². The van der Waals surface area contributed by atoms with E-state index in [2.05, 4.69) is 15.8 Å². The number of hydrazone groups is 1. The van der Waals surface area contributed by atoms with Gasteiger partial charge >= 0.3 is 0 Å². The van der Waals surface area contributed by atoms with Crippen LogP contribution < -0.4 is 20.2 Å². The number of anilines is 1. The summed E-state index contributed by atoms with van der Waals surface area (Å²) in [4.78, 5) is 0. The molecule has 0 aromatic heterocycles. The Labute approximate surface area is 146 Å². The lowest BCUT2D eigenvalue weighted by molar-refractivity contribution is 0.337. The summed E-state index contributed by atoms with van der Waals surface area (Å²) in [7, 11) is 1.59. The molecule has 0 spiro atoms. The molecule has 3 N–H and O–H groups in total. The third kappa shape index (κ3) is 4.85. The van der Waals surface area contributed by atoms with E-state index in [9.17, 15) is 5.11 Å². The Hall–Kier alpha value is -2.80. The molecule has 0 fully saturated rings. The van der Waals surface area contributed by atoms with Crippen LogP contribution in [-0.4, -0.2) is 30.2 Å². The van der Waals surface area contributed by atoms with Gasteiger partial charge in [0.05, 0.1) is 25.6 Å². The van der Waals surface area contributed by atoms with Gasteiger partial charge in [0.1, 0.15) is 17.2 Å². The van der Waals surface area contributed by atoms with Crippen LogP contribution in [0.3, 0.4) is 0 Å². The summed E-state index contributed by atoms with van der Waals surface area (Å²) in [5.74, 6) is 1.36. The van der Waals surface area contributed by atoms with Gasteiger partial charge in [0.2, 0.25) is 0 Å². The smallest absolute Gasteiger partial charge is 0.191 e. The van der Waals surface area contributed by atoms with Crippen molar-refractivity contribution in [2.45, 2.75) is 6.92 Å². The highest BCUT2D eigenvalue weighted by Crippen LogP contribution is 2.23. The zero-order valence-corrected chi connectivity index (χ0v) is 14.3. The summed E-state index contributed by atoms with van der Waals surface area (Å²) in [5.41, 5.74) is 3.97. The van der Waals surface area contributed by atoms with Crippen molar-refractivity contribution in [2.75, 3.05) is 19.0 Å². The van der Waals surface area contributed by atoms with Crippen molar-refractivity contribution in [3.63, 3.8) is 0 Å². The molecule has 0 heterocycles. The van der Waals surface area contributed by atoms with Gasteiger partial charge in [-0.3, -0.25) is 5.43 Å². The molecule has 2 aromatic rings. The van der Waals surface area contributed by atoms with Gasteiger partial charge in [-0.25, -0.2) is 0 Å². The van der Waals surface area contributed by atoms with E-state index < -0.39 is 0 Å². The summed E-state index contributed by atoms with van der Waals surface area (Å²) < 4.78 is 10.5. The Kier molecular flexibility index (Phi) is 6.39. The highest BCUT2D eigenvalue weighted by Gasteiger charge is 2.03. The van der Waals surface area contributed by atoms with Crippen LogP contribution in [0.1, 0.15) is 12.5 Å². The predicted molar refractivity (Wildman–Crippen MR) is 99.2 cm³/mol. The van der Waals surface area contributed by atoms with E-state index in [0.717, 1.165) is 5.69 Å². The summed E-state index contributed by atoms with van der Waals surface area (Å²) >= 11 is 5.17. The minimum Gasteiger partial charge on any atom is -0.507 e. The van der Waals surface area contributed by atoms with Crippen molar-refractivity contribution < 1.29 is 14.6 Å². The first kappa shape index (κ1) is 17.6. The molecule has 2 aromatic carbocycles. The van der Waals surface area contributed by atoms with E-state index >= 15 is 0 Å². The van der Waals surface area contributed by atoms with Crippen LogP contribution >= 0.6 is 12.2 Å². The molecule has 0 aliphatic heterocycles. The SMILES string of the molecule is CCOc1ccc(/C=N/NC(=S)Nc2ccccc2OC)c(O)c1. The molecular weight excluding hydrogens is 326 g/mol. The molecule has 0 saturated heterocycles. The first-order valence-electron chi connectivity index (χ1n) is 7.33. The van der Waals surface area contributed by atoms with Gasteiger partial charge in [-0.1, -0.05) is 12.1 Å². The summed E-state index contributed by atoms with van der Waals surface area (Å²) in [6.07, 6.45) is 1.47. The molecule has 7 heteroatoms. The Bertz CT molecular complexity index is 735. The fourth-order valence-corrected chi connectivity index (χ4v) is 2.11. The van der Waals surface area contributed by atoms with E-state index in [4.69, 9.17) is 21.7 Å². The quantitative estimate of drug-likeness (QED) is 0.424. The lowest BCUT2D eigenvalue weighted by atomic mass is 10.2. The number of nitrogens with zero attached hydrogens (tertiary/aromatic N) is 1. The van der Waals surface area contributed by atoms with Crippen molar-refractivity contribution in [1.29, 1.82) is 0 Å². The van der Waals surface area contributed by atoms with Crippen molar-refractivity contribution in [3.8, 4) is 17.2 Å². The zero-order valence-electron chi connectivity index (χ0n) is 13.4. The van der Waals surface area contributed by atoms with Crippen LogP contribution in [0.15, 0.2) is 47.6 Å². The molecule has 0 aliphatic rings. The number of ether oxygens (including phenoxy) is 2. The molecule has 0 saturated carbocycles. The van der Waals surface area contributed by atoms with Crippen molar-refractivity contribution in [3.05, 3.63) is 48.0 Å². The van der Waals surface area contributed by atoms with Gasteiger partial charge in [-0.05, 0) is 43.4 Å². The molecule has 0 radical (unpaired) electrons. The topological polar surface area (TPSA) is 75.1 Å². The molecule has 0 unspecified atom stereocenters. The van der Waals surface area contributed by atoms with Gasteiger partial charge in [0.15, 0.2) is 5.11 Å². The molecule has 6 nitrogen and oxygen atoms in total. The van der Waals surface area contributed by atoms with Crippen LogP contribution in [0, 0.1) is 0 Å². The Morgan fingerprint density at radius 3 is 2.79 bits per heavy atom. The molecule has 126 valence electrons. The largest absolute Gasteiger partial charge is 0.507 e. The second-order valence-corrected chi connectivity index (χ2v) is 5.09. The lowest BCUT2D eigenvalue weighted by Gasteiger charge is -2.10. The van der Waals surface area contributed by atoms with Gasteiger partial charge in [-0.15, -0.1) is 0 Å². The number of benzene rings is 2. The van der Waals surface area contributed by atoms with E-state index in [1.54, 1.807) is 19.2 Å². The fraction of sp³-hybridized carbons (Fsp3) is 0.176. The number of methoxy groups -OCH3 is 1. The number of hydrogen-bond acceptors (Lipinski definition) is 5. The summed E-state index contributed by atoms with van der Waals surface area (Å²) in [6.45, 7) is 2.42. The van der Waals surface area contributed by atoms with E-state index in [1.807, 2.05) is 31.2 Å². The number of aromatic hydroxyl groups is 1. The number of phenols is 1. The highest BCUT2D eigenvalue weighted by molar-refractivity contribution is 7.80. The molecule has 0 atom stereocenters. The first-order valence-corrected chi connectivity index (χ1v) is 7.73. The Morgan fingerprint density at radius 1 is 1.29 bits per heavy atom. The molecule has 2 rings (SSSR count). The first-order chi connectivity index (χ1) is 11.6. The van der Waals surface area contributed by atoms with Crippen molar-refractivity contribution in [1.82, 2.24) is 5.43 Å². The third-order valence-corrected chi connectivity index (χ3v) is 3.23. The maximum absolute atomic E-state index is 9.92. The molecule has 0 aliphatic carbocycles. The van der Waals surface area contributed by atoms with Gasteiger partial charge in [0, 0.05) is 11.6 Å². The van der Waals surface area contributed by atoms with E-state index in [0.29, 0.717) is 28.8 Å². The number of hydrogen-bond donors (Lipinski definition) is 3. The second-order valence-electron chi connectivity index (χ2n) is 4.68. The van der Waals surface area contributed by atoms with Gasteiger partial charge in [0.25, 0.3) is 0 Å². The Morgan fingerprint density at radius 2 is 2.08 bits per heavy atom. The standard InChI is InChI=1S/C17H19N3O3S/c1-3-23-13-9-8-12(15(21)10-13)11-18-20-17(24)19-14-6-4-5-7-16(14)22-2/h4-11,21H,3H2,1-2H3,(H2,19,20,24)/b18-11+. The normalized spacial score (nSPS) is 10.4. The fourth-order valence-electron chi connectivity index (χ4n) is 1.95. The van der Waals surface area contributed by atoms with Crippen LogP contribution in [0.5, 0.6) is 17.2 Å². The van der Waals surface area contributed by atoms with E-state index in [-0.39, 0.29) is 5.75 Å². The summed E-state index contributed by atoms with van der Waals surface area (Å²) in [6, 6.07) is 12.4. The number of thiocarbonyl (C=S) groups is 1. The van der Waals surface area contributed by atoms with Crippen molar-refractivity contribution in [2.24, 2.45) is 5.10 Å². The zero-order chi connectivity index (χ0) is 17.4. The predicted octanol–water partition coefficient (Wildman–Crippen LogP) is 3.12.